The molecule has 0 heterocycles. The molecule has 0 fully saturated rings. The number of hydrogen-bond donors (Lipinski definition) is 1. The number of hydrogen-bond acceptors (Lipinski definition) is 3. The van der Waals surface area contributed by atoms with Crippen LogP contribution in [0.4, 0.5) is 4.79 Å². The van der Waals surface area contributed by atoms with Crippen molar-refractivity contribution in [3.63, 3.8) is 0 Å². The van der Waals surface area contributed by atoms with Crippen LogP contribution >= 0.6 is 11.6 Å². The molecule has 0 saturated carbocycles. The lowest BCUT2D eigenvalue weighted by Crippen LogP contribution is -2.38. The summed E-state index contributed by atoms with van der Waals surface area (Å²) in [5, 5.41) is 4.21. The summed E-state index contributed by atoms with van der Waals surface area (Å²) in [7, 11) is 0. The van der Waals surface area contributed by atoms with Crippen LogP contribution in [0.1, 0.15) is 52.6 Å². The zero-order chi connectivity index (χ0) is 17.5. The molecule has 1 amide bonds. The lowest BCUT2D eigenvalue weighted by Gasteiger charge is -2.26. The van der Waals surface area contributed by atoms with E-state index >= 15 is 0 Å². The van der Waals surface area contributed by atoms with Gasteiger partial charge in [0, 0.05) is 24.2 Å². The summed E-state index contributed by atoms with van der Waals surface area (Å²) >= 11 is 5.90. The third kappa shape index (κ3) is 7.71. The first-order valence-electron chi connectivity index (χ1n) is 8.19. The molecule has 23 heavy (non-hydrogen) atoms. The van der Waals surface area contributed by atoms with E-state index < -0.39 is 5.60 Å². The summed E-state index contributed by atoms with van der Waals surface area (Å²) in [5.41, 5.74) is 0.750. The highest BCUT2D eigenvalue weighted by Gasteiger charge is 2.20. The van der Waals surface area contributed by atoms with E-state index in [1.807, 2.05) is 52.0 Å². The average Bonchev–Trinajstić information content (AvgIpc) is 2.45. The maximum absolute atomic E-state index is 12.0. The van der Waals surface area contributed by atoms with Crippen LogP contribution in [0.3, 0.4) is 0 Å². The van der Waals surface area contributed by atoms with Crippen molar-refractivity contribution in [2.24, 2.45) is 0 Å². The van der Waals surface area contributed by atoms with Gasteiger partial charge in [0.2, 0.25) is 0 Å². The minimum Gasteiger partial charge on any atom is -0.444 e. The first kappa shape index (κ1) is 19.8. The molecule has 0 aliphatic carbocycles. The molecule has 1 aromatic carbocycles. The molecule has 0 radical (unpaired) electrons. The van der Waals surface area contributed by atoms with Crippen molar-refractivity contribution < 1.29 is 9.53 Å². The molecule has 130 valence electrons. The largest absolute Gasteiger partial charge is 0.444 e. The first-order chi connectivity index (χ1) is 10.7. The number of benzene rings is 1. The molecule has 1 aromatic rings. The molecule has 0 spiro atoms. The van der Waals surface area contributed by atoms with Gasteiger partial charge in [0.15, 0.2) is 0 Å². The normalized spacial score (nSPS) is 12.8. The second kappa shape index (κ2) is 9.14. The third-order valence-corrected chi connectivity index (χ3v) is 3.71. The molecular weight excluding hydrogens is 312 g/mol. The quantitative estimate of drug-likeness (QED) is 0.735. The van der Waals surface area contributed by atoms with Gasteiger partial charge in [-0.25, -0.2) is 4.79 Å². The summed E-state index contributed by atoms with van der Waals surface area (Å²) < 4.78 is 5.40. The van der Waals surface area contributed by atoms with Crippen LogP contribution in [0.2, 0.25) is 5.02 Å². The van der Waals surface area contributed by atoms with Gasteiger partial charge in [0.1, 0.15) is 5.60 Å². The van der Waals surface area contributed by atoms with Gasteiger partial charge in [-0.15, -0.1) is 0 Å². The molecule has 0 saturated heterocycles. The molecular formula is C18H29ClN2O2. The fourth-order valence-corrected chi connectivity index (χ4v) is 2.29. The van der Waals surface area contributed by atoms with Gasteiger partial charge in [0.05, 0.1) is 0 Å². The lowest BCUT2D eigenvalue weighted by molar-refractivity contribution is 0.0258. The summed E-state index contributed by atoms with van der Waals surface area (Å²) in [5.74, 6) is 0. The van der Waals surface area contributed by atoms with Gasteiger partial charge in [0.25, 0.3) is 0 Å². The van der Waals surface area contributed by atoms with Crippen LogP contribution < -0.4 is 5.32 Å². The van der Waals surface area contributed by atoms with Crippen LogP contribution in [-0.4, -0.2) is 36.2 Å². The average molecular weight is 341 g/mol. The van der Waals surface area contributed by atoms with E-state index in [1.54, 1.807) is 4.90 Å². The van der Waals surface area contributed by atoms with Crippen molar-refractivity contribution in [3.8, 4) is 0 Å². The van der Waals surface area contributed by atoms with E-state index in [1.165, 1.54) is 5.56 Å². The van der Waals surface area contributed by atoms with Crippen molar-refractivity contribution in [2.45, 2.75) is 52.7 Å². The predicted octanol–water partition coefficient (Wildman–Crippen LogP) is 4.64. The van der Waals surface area contributed by atoms with E-state index in [9.17, 15) is 4.79 Å². The van der Waals surface area contributed by atoms with E-state index in [0.717, 1.165) is 18.0 Å². The molecule has 1 N–H and O–H groups in total. The summed E-state index contributed by atoms with van der Waals surface area (Å²) in [6.07, 6.45) is 0.635. The Morgan fingerprint density at radius 2 is 1.91 bits per heavy atom. The zero-order valence-corrected chi connectivity index (χ0v) is 15.6. The predicted molar refractivity (Wildman–Crippen MR) is 96.0 cm³/mol. The number of ether oxygens (including phenoxy) is 1. The Morgan fingerprint density at radius 1 is 1.30 bits per heavy atom. The molecule has 0 bridgehead atoms. The fourth-order valence-electron chi connectivity index (χ4n) is 2.16. The first-order valence-corrected chi connectivity index (χ1v) is 8.57. The van der Waals surface area contributed by atoms with Gasteiger partial charge < -0.3 is 15.0 Å². The Bertz CT molecular complexity index is 483. The highest BCUT2D eigenvalue weighted by atomic mass is 35.5. The summed E-state index contributed by atoms with van der Waals surface area (Å²) in [6.45, 7) is 11.9. The number of carbonyl (C=O) groups is 1. The Morgan fingerprint density at radius 3 is 2.43 bits per heavy atom. The zero-order valence-electron chi connectivity index (χ0n) is 14.9. The van der Waals surface area contributed by atoms with Gasteiger partial charge in [-0.2, -0.15) is 0 Å². The second-order valence-corrected chi connectivity index (χ2v) is 7.08. The van der Waals surface area contributed by atoms with Crippen molar-refractivity contribution in [3.05, 3.63) is 34.9 Å². The Hall–Kier alpha value is -1.26. The maximum atomic E-state index is 12.0. The van der Waals surface area contributed by atoms with E-state index in [0.29, 0.717) is 13.1 Å². The molecule has 0 aliphatic rings. The van der Waals surface area contributed by atoms with Crippen LogP contribution in [-0.2, 0) is 4.74 Å². The minimum atomic E-state index is -0.453. The van der Waals surface area contributed by atoms with Crippen molar-refractivity contribution >= 4 is 17.7 Å². The summed E-state index contributed by atoms with van der Waals surface area (Å²) in [4.78, 5) is 13.8. The SMILES string of the molecule is CCN(CCCNC(C)c1ccc(Cl)cc1)C(=O)OC(C)(C)C. The van der Waals surface area contributed by atoms with Gasteiger partial charge in [-0.05, 0) is 65.3 Å². The monoisotopic (exact) mass is 340 g/mol. The van der Waals surface area contributed by atoms with Crippen LogP contribution in [0.15, 0.2) is 24.3 Å². The van der Waals surface area contributed by atoms with E-state index in [2.05, 4.69) is 12.2 Å². The van der Waals surface area contributed by atoms with Crippen molar-refractivity contribution in [1.82, 2.24) is 10.2 Å². The summed E-state index contributed by atoms with van der Waals surface area (Å²) in [6, 6.07) is 8.11. The molecule has 4 nitrogen and oxygen atoms in total. The number of nitrogens with zero attached hydrogens (tertiary/aromatic N) is 1. The Balaban J connectivity index is 2.34. The van der Waals surface area contributed by atoms with Crippen molar-refractivity contribution in [2.75, 3.05) is 19.6 Å². The third-order valence-electron chi connectivity index (χ3n) is 3.46. The number of nitrogens with one attached hydrogen (secondary N) is 1. The number of amides is 1. The van der Waals surface area contributed by atoms with E-state index in [4.69, 9.17) is 16.3 Å². The molecule has 1 rings (SSSR count). The molecule has 1 unspecified atom stereocenters. The maximum Gasteiger partial charge on any atom is 0.410 e. The van der Waals surface area contributed by atoms with Gasteiger partial charge in [-0.3, -0.25) is 0 Å². The molecule has 1 atom stereocenters. The van der Waals surface area contributed by atoms with E-state index in [-0.39, 0.29) is 12.1 Å². The lowest BCUT2D eigenvalue weighted by atomic mass is 10.1. The second-order valence-electron chi connectivity index (χ2n) is 6.64. The smallest absolute Gasteiger partial charge is 0.410 e. The molecule has 5 heteroatoms. The van der Waals surface area contributed by atoms with Crippen molar-refractivity contribution in [1.29, 1.82) is 0 Å². The van der Waals surface area contributed by atoms with Crippen LogP contribution in [0.25, 0.3) is 0 Å². The van der Waals surface area contributed by atoms with Crippen LogP contribution in [0, 0.1) is 0 Å². The minimum absolute atomic E-state index is 0.245. The van der Waals surface area contributed by atoms with Crippen LogP contribution in [0.5, 0.6) is 0 Å². The number of rotatable bonds is 7. The Labute approximate surface area is 145 Å². The highest BCUT2D eigenvalue weighted by molar-refractivity contribution is 6.30. The topological polar surface area (TPSA) is 41.6 Å². The Kier molecular flexibility index (Phi) is 7.86. The number of halogens is 1. The fraction of sp³-hybridized carbons (Fsp3) is 0.611. The molecule has 0 aromatic heterocycles. The van der Waals surface area contributed by atoms with Gasteiger partial charge >= 0.3 is 6.09 Å². The number of carbonyl (C=O) groups excluding carboxylic acids is 1. The van der Waals surface area contributed by atoms with Gasteiger partial charge in [-0.1, -0.05) is 23.7 Å². The molecule has 0 aliphatic heterocycles. The highest BCUT2D eigenvalue weighted by Crippen LogP contribution is 2.16. The standard InChI is InChI=1S/C18H29ClN2O2/c1-6-21(17(22)23-18(3,4)5)13-7-12-20-14(2)15-8-10-16(19)11-9-15/h8-11,14,20H,6-7,12-13H2,1-5H3.